The molecule has 2 aromatic rings. The Balaban J connectivity index is 1.64. The summed E-state index contributed by atoms with van der Waals surface area (Å²) >= 11 is 0. The summed E-state index contributed by atoms with van der Waals surface area (Å²) in [4.78, 5) is 28.7. The lowest BCUT2D eigenvalue weighted by molar-refractivity contribution is -0.134. The Kier molecular flexibility index (Phi) is 4.61. The highest BCUT2D eigenvalue weighted by atomic mass is 19.1. The molecular formula is C25H24FNO4. The normalized spacial score (nSPS) is 30.2. The van der Waals surface area contributed by atoms with Crippen LogP contribution in [0.1, 0.15) is 38.3 Å². The molecule has 5 unspecified atom stereocenters. The summed E-state index contributed by atoms with van der Waals surface area (Å²) in [6, 6.07) is 11.4. The first kappa shape index (κ1) is 19.8. The molecule has 0 aromatic heterocycles. The van der Waals surface area contributed by atoms with E-state index >= 15 is 0 Å². The van der Waals surface area contributed by atoms with Gasteiger partial charge in [0.05, 0.1) is 17.5 Å². The molecule has 31 heavy (non-hydrogen) atoms. The molecule has 2 aromatic carbocycles. The van der Waals surface area contributed by atoms with Gasteiger partial charge >= 0.3 is 0 Å². The second kappa shape index (κ2) is 7.22. The zero-order valence-electron chi connectivity index (χ0n) is 17.4. The summed E-state index contributed by atoms with van der Waals surface area (Å²) in [7, 11) is 0. The molecule has 0 spiro atoms. The molecular weight excluding hydrogens is 397 g/mol. The zero-order valence-corrected chi connectivity index (χ0v) is 17.4. The summed E-state index contributed by atoms with van der Waals surface area (Å²) in [5, 5.41) is 10.1. The van der Waals surface area contributed by atoms with Crippen LogP contribution in [0.5, 0.6) is 5.75 Å². The highest BCUT2D eigenvalue weighted by Gasteiger charge is 2.53. The predicted octanol–water partition coefficient (Wildman–Crippen LogP) is 4.52. The number of phenolic OH excluding ortho intramolecular Hbond substituents is 1. The van der Waals surface area contributed by atoms with E-state index in [9.17, 15) is 19.1 Å². The summed E-state index contributed by atoms with van der Waals surface area (Å²) in [5.41, 5.74) is 1.41. The minimum atomic E-state index is -0.733. The van der Waals surface area contributed by atoms with Gasteiger partial charge in [0.1, 0.15) is 17.7 Å². The molecule has 1 saturated carbocycles. The standard InChI is InChI=1S/C25H24FNO4/c1-13-10-19-20(11-14(13)2)31-24-21(23(19)29)22(15-4-3-5-18(28)12-15)27(25(24)30)17-8-6-16(26)7-9-17/h3-9,12-14,19-20,22,28H,10-11H2,1-2H3. The number of benzene rings is 2. The van der Waals surface area contributed by atoms with E-state index in [2.05, 4.69) is 13.8 Å². The van der Waals surface area contributed by atoms with E-state index < -0.39 is 17.8 Å². The molecule has 1 amide bonds. The van der Waals surface area contributed by atoms with E-state index in [1.807, 2.05) is 0 Å². The fourth-order valence-corrected chi connectivity index (χ4v) is 5.14. The van der Waals surface area contributed by atoms with Crippen molar-refractivity contribution < 1.29 is 23.8 Å². The Hall–Kier alpha value is -3.15. The van der Waals surface area contributed by atoms with Crippen LogP contribution in [-0.2, 0) is 14.3 Å². The molecule has 3 aliphatic rings. The number of ketones is 1. The molecule has 6 heteroatoms. The van der Waals surface area contributed by atoms with Crippen molar-refractivity contribution in [2.45, 2.75) is 38.8 Å². The van der Waals surface area contributed by atoms with Crippen LogP contribution in [0.3, 0.4) is 0 Å². The largest absolute Gasteiger partial charge is 0.508 e. The smallest absolute Gasteiger partial charge is 0.294 e. The van der Waals surface area contributed by atoms with E-state index in [4.69, 9.17) is 4.74 Å². The average molecular weight is 421 g/mol. The number of halogens is 1. The lowest BCUT2D eigenvalue weighted by Crippen LogP contribution is -2.43. The Morgan fingerprint density at radius 1 is 1.03 bits per heavy atom. The Morgan fingerprint density at radius 3 is 2.45 bits per heavy atom. The first-order valence-corrected chi connectivity index (χ1v) is 10.7. The highest BCUT2D eigenvalue weighted by Crippen LogP contribution is 2.50. The number of nitrogens with zero attached hydrogens (tertiary/aromatic N) is 1. The van der Waals surface area contributed by atoms with Crippen molar-refractivity contribution in [2.24, 2.45) is 17.8 Å². The van der Waals surface area contributed by atoms with Gasteiger partial charge in [-0.15, -0.1) is 0 Å². The number of hydrogen-bond acceptors (Lipinski definition) is 4. The molecule has 5 nitrogen and oxygen atoms in total. The minimum Gasteiger partial charge on any atom is -0.508 e. The van der Waals surface area contributed by atoms with Gasteiger partial charge in [-0.05, 0) is 66.6 Å². The van der Waals surface area contributed by atoms with Crippen LogP contribution in [-0.4, -0.2) is 22.9 Å². The van der Waals surface area contributed by atoms with Gasteiger partial charge < -0.3 is 9.84 Å². The van der Waals surface area contributed by atoms with Crippen LogP contribution in [0.4, 0.5) is 10.1 Å². The van der Waals surface area contributed by atoms with Gasteiger partial charge in [0, 0.05) is 5.69 Å². The number of ether oxygens (including phenoxy) is 1. The summed E-state index contributed by atoms with van der Waals surface area (Å²) in [6.45, 7) is 4.30. The molecule has 2 aliphatic heterocycles. The number of Topliss-reactive ketones (excluding diaryl/α,β-unsaturated/α-hetero) is 1. The van der Waals surface area contributed by atoms with E-state index in [0.29, 0.717) is 28.7 Å². The van der Waals surface area contributed by atoms with E-state index in [1.54, 1.807) is 18.2 Å². The molecule has 0 bridgehead atoms. The van der Waals surface area contributed by atoms with Crippen LogP contribution >= 0.6 is 0 Å². The van der Waals surface area contributed by atoms with Crippen LogP contribution in [0.2, 0.25) is 0 Å². The number of carbonyl (C=O) groups is 2. The number of aromatic hydroxyl groups is 1. The third-order valence-electron chi connectivity index (χ3n) is 7.00. The van der Waals surface area contributed by atoms with Crippen molar-refractivity contribution >= 4 is 17.4 Å². The Labute approximate surface area is 180 Å². The summed E-state index contributed by atoms with van der Waals surface area (Å²) < 4.78 is 19.8. The number of fused-ring (bicyclic) bond motifs is 1. The predicted molar refractivity (Wildman–Crippen MR) is 113 cm³/mol. The number of amides is 1. The van der Waals surface area contributed by atoms with Gasteiger partial charge in [0.25, 0.3) is 5.91 Å². The van der Waals surface area contributed by atoms with Crippen molar-refractivity contribution in [3.8, 4) is 5.75 Å². The van der Waals surface area contributed by atoms with Crippen LogP contribution in [0.25, 0.3) is 0 Å². The number of hydrogen-bond donors (Lipinski definition) is 1. The molecule has 5 atom stereocenters. The monoisotopic (exact) mass is 421 g/mol. The van der Waals surface area contributed by atoms with Crippen molar-refractivity contribution in [3.63, 3.8) is 0 Å². The number of anilines is 1. The van der Waals surface area contributed by atoms with Crippen molar-refractivity contribution in [3.05, 3.63) is 71.2 Å². The highest BCUT2D eigenvalue weighted by molar-refractivity contribution is 6.18. The van der Waals surface area contributed by atoms with Gasteiger partial charge in [-0.25, -0.2) is 4.39 Å². The van der Waals surface area contributed by atoms with Crippen molar-refractivity contribution in [1.29, 1.82) is 0 Å². The summed E-state index contributed by atoms with van der Waals surface area (Å²) in [5.74, 6) is -0.243. The van der Waals surface area contributed by atoms with Crippen LogP contribution in [0.15, 0.2) is 59.9 Å². The number of rotatable bonds is 2. The maximum absolute atomic E-state index is 13.7. The van der Waals surface area contributed by atoms with Crippen molar-refractivity contribution in [1.82, 2.24) is 0 Å². The fraction of sp³-hybridized carbons (Fsp3) is 0.360. The van der Waals surface area contributed by atoms with Crippen LogP contribution in [0, 0.1) is 23.6 Å². The molecule has 1 N–H and O–H groups in total. The molecule has 0 radical (unpaired) electrons. The third kappa shape index (κ3) is 3.12. The maximum Gasteiger partial charge on any atom is 0.294 e. The first-order valence-electron chi connectivity index (χ1n) is 10.7. The SMILES string of the molecule is CC1CC2OC3=C(C(=O)C2CC1C)C(c1cccc(O)c1)N(c1ccc(F)cc1)C3=O. The third-order valence-corrected chi connectivity index (χ3v) is 7.00. The average Bonchev–Trinajstić information content (AvgIpc) is 3.03. The minimum absolute atomic E-state index is 0.0419. The van der Waals surface area contributed by atoms with E-state index in [1.165, 1.54) is 35.2 Å². The lowest BCUT2D eigenvalue weighted by Gasteiger charge is -2.40. The van der Waals surface area contributed by atoms with Gasteiger partial charge in [0.15, 0.2) is 11.5 Å². The van der Waals surface area contributed by atoms with E-state index in [0.717, 1.165) is 12.8 Å². The van der Waals surface area contributed by atoms with Gasteiger partial charge in [-0.1, -0.05) is 26.0 Å². The lowest BCUT2D eigenvalue weighted by atomic mass is 9.70. The van der Waals surface area contributed by atoms with Gasteiger partial charge in [-0.3, -0.25) is 14.5 Å². The molecule has 2 heterocycles. The quantitative estimate of drug-likeness (QED) is 0.774. The molecule has 5 rings (SSSR count). The topological polar surface area (TPSA) is 66.8 Å². The second-order valence-corrected chi connectivity index (χ2v) is 8.94. The summed E-state index contributed by atoms with van der Waals surface area (Å²) in [6.07, 6.45) is 1.15. The molecule has 1 fully saturated rings. The van der Waals surface area contributed by atoms with Gasteiger partial charge in [-0.2, -0.15) is 0 Å². The fourth-order valence-electron chi connectivity index (χ4n) is 5.14. The Morgan fingerprint density at radius 2 is 1.74 bits per heavy atom. The Bertz CT molecular complexity index is 1090. The first-order chi connectivity index (χ1) is 14.8. The zero-order chi connectivity index (χ0) is 21.9. The maximum atomic E-state index is 13.7. The van der Waals surface area contributed by atoms with Gasteiger partial charge in [0.2, 0.25) is 0 Å². The number of phenols is 1. The van der Waals surface area contributed by atoms with Crippen LogP contribution < -0.4 is 4.90 Å². The molecule has 0 saturated heterocycles. The van der Waals surface area contributed by atoms with Crippen molar-refractivity contribution in [2.75, 3.05) is 4.90 Å². The molecule has 160 valence electrons. The van der Waals surface area contributed by atoms with E-state index in [-0.39, 0.29) is 29.3 Å². The number of carbonyl (C=O) groups excluding carboxylic acids is 2. The second-order valence-electron chi connectivity index (χ2n) is 8.94. The molecule has 1 aliphatic carbocycles.